The van der Waals surface area contributed by atoms with Crippen LogP contribution in [-0.2, 0) is 0 Å². The molecule has 0 radical (unpaired) electrons. The summed E-state index contributed by atoms with van der Waals surface area (Å²) in [4.78, 5) is 0. The van der Waals surface area contributed by atoms with Crippen molar-refractivity contribution in [2.75, 3.05) is 0 Å². The average molecular weight is 315 g/mol. The summed E-state index contributed by atoms with van der Waals surface area (Å²) in [6, 6.07) is 3.34. The van der Waals surface area contributed by atoms with Gasteiger partial charge in [0.25, 0.3) is 0 Å². The van der Waals surface area contributed by atoms with Crippen molar-refractivity contribution in [2.45, 2.75) is 51.0 Å². The summed E-state index contributed by atoms with van der Waals surface area (Å²) < 4.78 is 0. The number of aliphatic hydroxyl groups is 1. The summed E-state index contributed by atoms with van der Waals surface area (Å²) >= 11 is 12.3. The Balaban J connectivity index is 1.86. The second-order valence-corrected chi connectivity index (χ2v) is 7.41. The van der Waals surface area contributed by atoms with E-state index in [4.69, 9.17) is 23.2 Å². The van der Waals surface area contributed by atoms with E-state index in [9.17, 15) is 10.2 Å². The van der Waals surface area contributed by atoms with Crippen molar-refractivity contribution >= 4 is 23.2 Å². The van der Waals surface area contributed by atoms with Gasteiger partial charge in [-0.25, -0.2) is 0 Å². The summed E-state index contributed by atoms with van der Waals surface area (Å²) in [7, 11) is 0. The van der Waals surface area contributed by atoms with Gasteiger partial charge >= 0.3 is 0 Å². The second kappa shape index (κ2) is 5.08. The maximum atomic E-state index is 10.2. The first-order valence-electron chi connectivity index (χ1n) is 7.28. The van der Waals surface area contributed by atoms with E-state index in [1.807, 2.05) is 0 Å². The molecular formula is C16H20Cl2O2. The Labute approximate surface area is 129 Å². The van der Waals surface area contributed by atoms with Crippen LogP contribution < -0.4 is 0 Å². The summed E-state index contributed by atoms with van der Waals surface area (Å²) in [5, 5.41) is 20.8. The van der Waals surface area contributed by atoms with Crippen LogP contribution in [-0.4, -0.2) is 16.3 Å². The van der Waals surface area contributed by atoms with Crippen LogP contribution >= 0.6 is 23.2 Å². The quantitative estimate of drug-likeness (QED) is 0.785. The van der Waals surface area contributed by atoms with Gasteiger partial charge in [-0.15, -0.1) is 0 Å². The fraction of sp³-hybridized carbons (Fsp3) is 0.625. The molecule has 0 amide bonds. The van der Waals surface area contributed by atoms with Gasteiger partial charge in [-0.2, -0.15) is 0 Å². The highest BCUT2D eigenvalue weighted by atomic mass is 35.5. The number of fused-ring (bicyclic) bond motifs is 1. The van der Waals surface area contributed by atoms with Crippen LogP contribution in [0.4, 0.5) is 0 Å². The fourth-order valence-electron chi connectivity index (χ4n) is 4.14. The van der Waals surface area contributed by atoms with Crippen molar-refractivity contribution in [3.63, 3.8) is 0 Å². The summed E-state index contributed by atoms with van der Waals surface area (Å²) in [5.74, 6) is 0.973. The largest absolute Gasteiger partial charge is 0.506 e. The third-order valence-electron chi connectivity index (χ3n) is 5.59. The first-order valence-corrected chi connectivity index (χ1v) is 8.03. The predicted molar refractivity (Wildman–Crippen MR) is 81.6 cm³/mol. The van der Waals surface area contributed by atoms with E-state index in [1.165, 1.54) is 6.07 Å². The molecule has 3 rings (SSSR count). The zero-order valence-corrected chi connectivity index (χ0v) is 13.1. The van der Waals surface area contributed by atoms with Crippen LogP contribution in [0.25, 0.3) is 0 Å². The van der Waals surface area contributed by atoms with Crippen LogP contribution in [0.15, 0.2) is 12.1 Å². The molecule has 0 unspecified atom stereocenters. The molecule has 110 valence electrons. The van der Waals surface area contributed by atoms with Crippen LogP contribution in [0.5, 0.6) is 5.75 Å². The number of phenolic OH excluding ortho intramolecular Hbond substituents is 1. The van der Waals surface area contributed by atoms with Gasteiger partial charge in [-0.3, -0.25) is 0 Å². The van der Waals surface area contributed by atoms with Gasteiger partial charge in [0.05, 0.1) is 11.1 Å². The van der Waals surface area contributed by atoms with Gasteiger partial charge in [0.1, 0.15) is 5.75 Å². The molecule has 0 saturated heterocycles. The lowest BCUT2D eigenvalue weighted by atomic mass is 9.64. The molecule has 2 saturated carbocycles. The smallest absolute Gasteiger partial charge is 0.135 e. The lowest BCUT2D eigenvalue weighted by molar-refractivity contribution is 0.00872. The van der Waals surface area contributed by atoms with E-state index in [0.717, 1.165) is 37.7 Å². The summed E-state index contributed by atoms with van der Waals surface area (Å²) in [6.07, 6.45) is 4.94. The van der Waals surface area contributed by atoms with Gasteiger partial charge in [0.2, 0.25) is 0 Å². The van der Waals surface area contributed by atoms with Gasteiger partial charge < -0.3 is 10.2 Å². The van der Waals surface area contributed by atoms with E-state index in [0.29, 0.717) is 21.9 Å². The topological polar surface area (TPSA) is 40.5 Å². The van der Waals surface area contributed by atoms with Crippen molar-refractivity contribution in [3.8, 4) is 5.75 Å². The zero-order valence-electron chi connectivity index (χ0n) is 11.6. The third kappa shape index (κ3) is 2.22. The van der Waals surface area contributed by atoms with E-state index in [1.54, 1.807) is 6.07 Å². The lowest BCUT2D eigenvalue weighted by Crippen LogP contribution is -2.37. The highest BCUT2D eigenvalue weighted by Gasteiger charge is 2.49. The van der Waals surface area contributed by atoms with Crippen molar-refractivity contribution in [1.29, 1.82) is 0 Å². The molecule has 2 fully saturated rings. The number of hydrogen-bond donors (Lipinski definition) is 2. The number of aliphatic hydroxyl groups excluding tert-OH is 1. The molecule has 2 aliphatic rings. The highest BCUT2D eigenvalue weighted by Crippen LogP contribution is 2.56. The Bertz CT molecular complexity index is 531. The molecule has 2 nitrogen and oxygen atoms in total. The second-order valence-electron chi connectivity index (χ2n) is 6.59. The molecule has 4 atom stereocenters. The molecule has 4 heteroatoms. The van der Waals surface area contributed by atoms with Crippen molar-refractivity contribution in [2.24, 2.45) is 11.3 Å². The molecule has 20 heavy (non-hydrogen) atoms. The molecule has 0 heterocycles. The number of rotatable bonds is 1. The average Bonchev–Trinajstić information content (AvgIpc) is 2.70. The van der Waals surface area contributed by atoms with Crippen molar-refractivity contribution in [1.82, 2.24) is 0 Å². The van der Waals surface area contributed by atoms with Gasteiger partial charge in [-0.05, 0) is 61.0 Å². The molecule has 0 bridgehead atoms. The number of aromatic hydroxyl groups is 1. The van der Waals surface area contributed by atoms with Crippen molar-refractivity contribution in [3.05, 3.63) is 27.7 Å². The number of hydrogen-bond acceptors (Lipinski definition) is 2. The Morgan fingerprint density at radius 3 is 2.65 bits per heavy atom. The maximum absolute atomic E-state index is 10.2. The van der Waals surface area contributed by atoms with Crippen LogP contribution in [0, 0.1) is 11.3 Å². The summed E-state index contributed by atoms with van der Waals surface area (Å²) in [5.41, 5.74) is 1.11. The number of benzene rings is 1. The minimum atomic E-state index is -0.160. The minimum absolute atomic E-state index is 0.0392. The standard InChI is InChI=1S/C16H20Cl2O2/c1-16-5-4-9(6-10(16)2-3-15(16)20)11-7-13(18)14(19)8-12(11)17/h7-10,15,19-20H,2-6H2,1H3/t9-,10-,15+,16+/m1/s1. The van der Waals surface area contributed by atoms with E-state index in [2.05, 4.69) is 6.92 Å². The Morgan fingerprint density at radius 2 is 1.90 bits per heavy atom. The molecule has 2 aliphatic carbocycles. The van der Waals surface area contributed by atoms with Crippen molar-refractivity contribution < 1.29 is 10.2 Å². The molecular weight excluding hydrogens is 295 g/mol. The lowest BCUT2D eigenvalue weighted by Gasteiger charge is -2.42. The SMILES string of the molecule is C[C@]12CC[C@@H](c3cc(Cl)c(O)cc3Cl)C[C@H]1CC[C@@H]2O. The molecule has 0 aromatic heterocycles. The van der Waals surface area contributed by atoms with Gasteiger partial charge in [0.15, 0.2) is 0 Å². The van der Waals surface area contributed by atoms with E-state index in [-0.39, 0.29) is 17.3 Å². The van der Waals surface area contributed by atoms with Gasteiger partial charge in [0, 0.05) is 11.1 Å². The van der Waals surface area contributed by atoms with E-state index >= 15 is 0 Å². The molecule has 1 aromatic carbocycles. The van der Waals surface area contributed by atoms with E-state index < -0.39 is 0 Å². The van der Waals surface area contributed by atoms with Crippen LogP contribution in [0.3, 0.4) is 0 Å². The molecule has 1 aromatic rings. The van der Waals surface area contributed by atoms with Crippen LogP contribution in [0.2, 0.25) is 10.0 Å². The highest BCUT2D eigenvalue weighted by molar-refractivity contribution is 6.34. The fourth-order valence-corrected chi connectivity index (χ4v) is 4.63. The normalized spacial score (nSPS) is 36.9. The predicted octanol–water partition coefficient (Wildman–Crippen LogP) is 4.74. The Morgan fingerprint density at radius 1 is 1.15 bits per heavy atom. The summed E-state index contributed by atoms with van der Waals surface area (Å²) in [6.45, 7) is 2.22. The molecule has 0 spiro atoms. The first kappa shape index (κ1) is 14.5. The van der Waals surface area contributed by atoms with Gasteiger partial charge in [-0.1, -0.05) is 30.1 Å². The Kier molecular flexibility index (Phi) is 3.68. The number of phenols is 1. The minimum Gasteiger partial charge on any atom is -0.506 e. The maximum Gasteiger partial charge on any atom is 0.135 e. The third-order valence-corrected chi connectivity index (χ3v) is 6.22. The van der Waals surface area contributed by atoms with Crippen LogP contribution in [0.1, 0.15) is 50.5 Å². The molecule has 2 N–H and O–H groups in total. The first-order chi connectivity index (χ1) is 9.41. The monoisotopic (exact) mass is 314 g/mol. The Hall–Kier alpha value is -0.440. The number of halogens is 2. The zero-order chi connectivity index (χ0) is 14.5. The molecule has 0 aliphatic heterocycles.